The lowest BCUT2D eigenvalue weighted by Crippen LogP contribution is -2.38. The van der Waals surface area contributed by atoms with Crippen LogP contribution in [0, 0.1) is 5.92 Å². The molecule has 0 spiro atoms. The molecule has 116 valence electrons. The van der Waals surface area contributed by atoms with Crippen molar-refractivity contribution in [1.29, 1.82) is 0 Å². The predicted molar refractivity (Wildman–Crippen MR) is 89.8 cm³/mol. The fourth-order valence-electron chi connectivity index (χ4n) is 1.90. The average Bonchev–Trinajstić information content (AvgIpc) is 2.49. The van der Waals surface area contributed by atoms with Crippen LogP contribution in [0.1, 0.15) is 37.6 Å². The highest BCUT2D eigenvalue weighted by Gasteiger charge is 2.18. The summed E-state index contributed by atoms with van der Waals surface area (Å²) < 4.78 is 5.57. The van der Waals surface area contributed by atoms with Crippen LogP contribution in [0.3, 0.4) is 0 Å². The van der Waals surface area contributed by atoms with Gasteiger partial charge in [0.1, 0.15) is 5.75 Å². The Kier molecular flexibility index (Phi) is 7.15. The SMILES string of the molecule is CCCOc1cccc(C(=O)N(CC)CC(C)C(N)=S)c1. The van der Waals surface area contributed by atoms with E-state index in [2.05, 4.69) is 0 Å². The number of thiocarbonyl (C=S) groups is 1. The van der Waals surface area contributed by atoms with E-state index in [0.717, 1.165) is 12.2 Å². The van der Waals surface area contributed by atoms with Gasteiger partial charge in [-0.1, -0.05) is 32.1 Å². The van der Waals surface area contributed by atoms with Gasteiger partial charge in [-0.05, 0) is 31.5 Å². The minimum absolute atomic E-state index is 0.00317. The Bertz CT molecular complexity index is 491. The summed E-state index contributed by atoms with van der Waals surface area (Å²) >= 11 is 4.98. The molecule has 0 radical (unpaired) electrons. The Balaban J connectivity index is 2.82. The minimum Gasteiger partial charge on any atom is -0.494 e. The topological polar surface area (TPSA) is 55.6 Å². The normalized spacial score (nSPS) is 11.8. The van der Waals surface area contributed by atoms with Crippen molar-refractivity contribution < 1.29 is 9.53 Å². The van der Waals surface area contributed by atoms with Crippen LogP contribution >= 0.6 is 12.2 Å². The molecule has 0 aliphatic heterocycles. The van der Waals surface area contributed by atoms with Crippen LogP contribution in [0.4, 0.5) is 0 Å². The van der Waals surface area contributed by atoms with E-state index in [0.29, 0.717) is 30.2 Å². The van der Waals surface area contributed by atoms with Crippen molar-refractivity contribution in [3.63, 3.8) is 0 Å². The number of benzene rings is 1. The molecule has 0 saturated carbocycles. The zero-order chi connectivity index (χ0) is 15.8. The van der Waals surface area contributed by atoms with Crippen molar-refractivity contribution >= 4 is 23.1 Å². The molecule has 0 fully saturated rings. The van der Waals surface area contributed by atoms with Crippen LogP contribution in [-0.4, -0.2) is 35.5 Å². The van der Waals surface area contributed by atoms with Gasteiger partial charge in [-0.2, -0.15) is 0 Å². The summed E-state index contributed by atoms with van der Waals surface area (Å²) in [6.07, 6.45) is 0.935. The molecular formula is C16H24N2O2S. The zero-order valence-corrected chi connectivity index (χ0v) is 13.8. The van der Waals surface area contributed by atoms with Gasteiger partial charge in [0.2, 0.25) is 0 Å². The van der Waals surface area contributed by atoms with Gasteiger partial charge in [-0.15, -0.1) is 0 Å². The number of hydrogen-bond donors (Lipinski definition) is 1. The maximum atomic E-state index is 12.5. The molecule has 1 amide bonds. The summed E-state index contributed by atoms with van der Waals surface area (Å²) in [5.41, 5.74) is 6.26. The lowest BCUT2D eigenvalue weighted by molar-refractivity contribution is 0.0754. The van der Waals surface area contributed by atoms with Gasteiger partial charge < -0.3 is 15.4 Å². The van der Waals surface area contributed by atoms with Gasteiger partial charge >= 0.3 is 0 Å². The van der Waals surface area contributed by atoms with E-state index >= 15 is 0 Å². The molecule has 1 atom stereocenters. The smallest absolute Gasteiger partial charge is 0.253 e. The number of ether oxygens (including phenoxy) is 1. The Labute approximate surface area is 132 Å². The Morgan fingerprint density at radius 3 is 2.71 bits per heavy atom. The van der Waals surface area contributed by atoms with E-state index in [1.165, 1.54) is 0 Å². The van der Waals surface area contributed by atoms with E-state index in [1.807, 2.05) is 32.9 Å². The minimum atomic E-state index is -0.0254. The fourth-order valence-corrected chi connectivity index (χ4v) is 1.97. The third kappa shape index (κ3) is 5.34. The number of nitrogens with zero attached hydrogens (tertiary/aromatic N) is 1. The van der Waals surface area contributed by atoms with Crippen LogP contribution in [0.25, 0.3) is 0 Å². The first kappa shape index (κ1) is 17.4. The van der Waals surface area contributed by atoms with Crippen LogP contribution < -0.4 is 10.5 Å². The second-order valence-electron chi connectivity index (χ2n) is 5.02. The standard InChI is InChI=1S/C16H24N2O2S/c1-4-9-20-14-8-6-7-13(10-14)16(19)18(5-2)11-12(3)15(17)21/h6-8,10,12H,4-5,9,11H2,1-3H3,(H2,17,21). The number of hydrogen-bond acceptors (Lipinski definition) is 3. The summed E-state index contributed by atoms with van der Waals surface area (Å²) in [5.74, 6) is 0.701. The van der Waals surface area contributed by atoms with Crippen molar-refractivity contribution in [2.75, 3.05) is 19.7 Å². The maximum Gasteiger partial charge on any atom is 0.253 e. The number of carbonyl (C=O) groups excluding carboxylic acids is 1. The molecule has 5 heteroatoms. The second-order valence-corrected chi connectivity index (χ2v) is 5.49. The maximum absolute atomic E-state index is 12.5. The quantitative estimate of drug-likeness (QED) is 0.750. The van der Waals surface area contributed by atoms with Crippen molar-refractivity contribution in [3.05, 3.63) is 29.8 Å². The largest absolute Gasteiger partial charge is 0.494 e. The number of carbonyl (C=O) groups is 1. The first-order valence-corrected chi connectivity index (χ1v) is 7.71. The molecule has 0 heterocycles. The van der Waals surface area contributed by atoms with Crippen LogP contribution in [0.2, 0.25) is 0 Å². The van der Waals surface area contributed by atoms with E-state index in [9.17, 15) is 4.79 Å². The van der Waals surface area contributed by atoms with Crippen LogP contribution in [0.5, 0.6) is 5.75 Å². The molecule has 1 rings (SSSR count). The lowest BCUT2D eigenvalue weighted by Gasteiger charge is -2.24. The predicted octanol–water partition coefficient (Wildman–Crippen LogP) is 2.86. The molecule has 4 nitrogen and oxygen atoms in total. The van der Waals surface area contributed by atoms with E-state index < -0.39 is 0 Å². The fraction of sp³-hybridized carbons (Fsp3) is 0.500. The molecule has 0 aromatic heterocycles. The van der Waals surface area contributed by atoms with Gasteiger partial charge in [-0.3, -0.25) is 4.79 Å². The van der Waals surface area contributed by atoms with Crippen molar-refractivity contribution in [2.45, 2.75) is 27.2 Å². The number of nitrogens with two attached hydrogens (primary N) is 1. The van der Waals surface area contributed by atoms with Gasteiger partial charge in [0.05, 0.1) is 11.6 Å². The van der Waals surface area contributed by atoms with E-state index in [-0.39, 0.29) is 11.8 Å². The monoisotopic (exact) mass is 308 g/mol. The zero-order valence-electron chi connectivity index (χ0n) is 13.0. The first-order valence-electron chi connectivity index (χ1n) is 7.31. The highest BCUT2D eigenvalue weighted by Crippen LogP contribution is 2.16. The summed E-state index contributed by atoms with van der Waals surface area (Å²) in [6, 6.07) is 7.28. The first-order chi connectivity index (χ1) is 9.99. The van der Waals surface area contributed by atoms with Gasteiger partial charge in [-0.25, -0.2) is 0 Å². The van der Waals surface area contributed by atoms with Crippen LogP contribution in [0.15, 0.2) is 24.3 Å². The van der Waals surface area contributed by atoms with E-state index in [1.54, 1.807) is 17.0 Å². The molecule has 1 aromatic rings. The average molecular weight is 308 g/mol. The third-order valence-corrected chi connectivity index (χ3v) is 3.61. The molecule has 1 aromatic carbocycles. The molecule has 2 N–H and O–H groups in total. The molecule has 0 saturated heterocycles. The van der Waals surface area contributed by atoms with Crippen molar-refractivity contribution in [2.24, 2.45) is 11.7 Å². The lowest BCUT2D eigenvalue weighted by atomic mass is 10.1. The summed E-state index contributed by atoms with van der Waals surface area (Å²) in [6.45, 7) is 7.72. The van der Waals surface area contributed by atoms with Gasteiger partial charge in [0.25, 0.3) is 5.91 Å². The van der Waals surface area contributed by atoms with E-state index in [4.69, 9.17) is 22.7 Å². The molecule has 0 bridgehead atoms. The summed E-state index contributed by atoms with van der Waals surface area (Å²) in [7, 11) is 0. The number of rotatable bonds is 8. The number of amides is 1. The molecule has 0 aliphatic rings. The van der Waals surface area contributed by atoms with Crippen molar-refractivity contribution in [3.8, 4) is 5.75 Å². The molecule has 1 unspecified atom stereocenters. The highest BCUT2D eigenvalue weighted by atomic mass is 32.1. The van der Waals surface area contributed by atoms with Gasteiger partial charge in [0.15, 0.2) is 0 Å². The van der Waals surface area contributed by atoms with Crippen LogP contribution in [-0.2, 0) is 0 Å². The van der Waals surface area contributed by atoms with Crippen molar-refractivity contribution in [1.82, 2.24) is 4.90 Å². The molecule has 21 heavy (non-hydrogen) atoms. The van der Waals surface area contributed by atoms with Gasteiger partial charge in [0, 0.05) is 24.6 Å². The summed E-state index contributed by atoms with van der Waals surface area (Å²) in [4.78, 5) is 14.7. The second kappa shape index (κ2) is 8.62. The highest BCUT2D eigenvalue weighted by molar-refractivity contribution is 7.80. The Morgan fingerprint density at radius 1 is 1.43 bits per heavy atom. The molecular weight excluding hydrogens is 284 g/mol. The summed E-state index contributed by atoms with van der Waals surface area (Å²) in [5, 5.41) is 0. The third-order valence-electron chi connectivity index (χ3n) is 3.20. The molecule has 0 aliphatic carbocycles. The Morgan fingerprint density at radius 2 is 2.14 bits per heavy atom. The Hall–Kier alpha value is -1.62.